The molecule has 2 heterocycles. The molecule has 2 aliphatic heterocycles. The van der Waals surface area contributed by atoms with Gasteiger partial charge in [-0.15, -0.1) is 0 Å². The van der Waals surface area contributed by atoms with Crippen LogP contribution in [-0.2, 0) is 21.6 Å². The van der Waals surface area contributed by atoms with Crippen LogP contribution in [0, 0.1) is 11.8 Å². The third kappa shape index (κ3) is 6.83. The van der Waals surface area contributed by atoms with Gasteiger partial charge in [0, 0.05) is 43.0 Å². The Bertz CT molecular complexity index is 1300. The van der Waals surface area contributed by atoms with Crippen molar-refractivity contribution in [2.45, 2.75) is 41.3 Å². The highest BCUT2D eigenvalue weighted by atomic mass is 32.2. The second-order valence-corrected chi connectivity index (χ2v) is 12.1. The number of carboxylic acid groups (broad SMARTS) is 2. The van der Waals surface area contributed by atoms with Crippen LogP contribution in [0.1, 0.15) is 24.0 Å². The molecule has 0 spiro atoms. The fraction of sp³-hybridized carbons (Fsp3) is 0.394. The molecule has 2 fully saturated rings. The molecular formula is C33H36N2O7S-2. The van der Waals surface area contributed by atoms with Crippen molar-refractivity contribution in [2.75, 3.05) is 33.0 Å². The van der Waals surface area contributed by atoms with Crippen molar-refractivity contribution in [3.8, 4) is 0 Å². The van der Waals surface area contributed by atoms with Crippen LogP contribution in [0.4, 0.5) is 9.59 Å². The van der Waals surface area contributed by atoms with Crippen molar-refractivity contribution in [1.29, 1.82) is 0 Å². The van der Waals surface area contributed by atoms with Gasteiger partial charge in [0.05, 0.1) is 18.8 Å². The number of benzene rings is 3. The Morgan fingerprint density at radius 1 is 0.837 bits per heavy atom. The van der Waals surface area contributed by atoms with Crippen molar-refractivity contribution < 1.29 is 34.4 Å². The standard InChI is InChI=1S/C33H38N2O7S/c36-29(30(43-28-14-8-3-9-15-28)34(31(37)38)20-24-10-4-1-5-11-24)21-35(32(39)40)33(26-16-18-41-22-26,27-17-19-42-23-27)25-12-6-2-7-13-25/h1-15,26-27,29-30,36H,16-23H2,(H,37,38)(H,39,40)/p-2/t26-,27-,29?,30?/m1/s1. The average Bonchev–Trinajstić information content (AvgIpc) is 3.76. The van der Waals surface area contributed by atoms with Crippen LogP contribution in [-0.4, -0.2) is 71.5 Å². The lowest BCUT2D eigenvalue weighted by Gasteiger charge is -2.53. The number of hydrogen-bond donors (Lipinski definition) is 1. The van der Waals surface area contributed by atoms with Crippen LogP contribution < -0.4 is 10.2 Å². The van der Waals surface area contributed by atoms with Crippen LogP contribution in [0.15, 0.2) is 95.9 Å². The largest absolute Gasteiger partial charge is 0.530 e. The zero-order valence-corrected chi connectivity index (χ0v) is 24.6. The van der Waals surface area contributed by atoms with Crippen molar-refractivity contribution in [2.24, 2.45) is 11.8 Å². The van der Waals surface area contributed by atoms with E-state index in [1.165, 1.54) is 4.90 Å². The second-order valence-electron chi connectivity index (χ2n) is 11.0. The third-order valence-corrected chi connectivity index (χ3v) is 9.80. The molecule has 0 aromatic heterocycles. The second kappa shape index (κ2) is 14.3. The molecule has 1 N–H and O–H groups in total. The number of carbonyl (C=O) groups is 2. The number of amides is 2. The first-order chi connectivity index (χ1) is 20.9. The molecule has 9 nitrogen and oxygen atoms in total. The van der Waals surface area contributed by atoms with E-state index in [0.717, 1.165) is 22.2 Å². The molecule has 4 atom stereocenters. The molecule has 0 aliphatic carbocycles. The summed E-state index contributed by atoms with van der Waals surface area (Å²) in [6.07, 6.45) is -3.14. The summed E-state index contributed by atoms with van der Waals surface area (Å²) < 4.78 is 11.6. The Balaban J connectivity index is 1.57. The van der Waals surface area contributed by atoms with Gasteiger partial charge in [-0.3, -0.25) is 0 Å². The molecule has 3 aromatic carbocycles. The van der Waals surface area contributed by atoms with Crippen LogP contribution in [0.3, 0.4) is 0 Å². The zero-order valence-electron chi connectivity index (χ0n) is 23.8. The first-order valence-electron chi connectivity index (χ1n) is 14.5. The average molecular weight is 605 g/mol. The minimum Gasteiger partial charge on any atom is -0.530 e. The first-order valence-corrected chi connectivity index (χ1v) is 15.4. The predicted octanol–water partition coefficient (Wildman–Crippen LogP) is 2.93. The maximum absolute atomic E-state index is 13.2. The minimum atomic E-state index is -1.47. The van der Waals surface area contributed by atoms with Crippen molar-refractivity contribution in [1.82, 2.24) is 9.80 Å². The molecule has 10 heteroatoms. The molecule has 5 rings (SSSR count). The summed E-state index contributed by atoms with van der Waals surface area (Å²) in [5.74, 6) is -0.457. The van der Waals surface area contributed by atoms with Crippen molar-refractivity contribution in [3.63, 3.8) is 0 Å². The van der Waals surface area contributed by atoms with Crippen LogP contribution in [0.25, 0.3) is 0 Å². The van der Waals surface area contributed by atoms with E-state index in [0.29, 0.717) is 49.7 Å². The molecule has 228 valence electrons. The molecule has 2 saturated heterocycles. The van der Waals surface area contributed by atoms with Gasteiger partial charge in [-0.2, -0.15) is 0 Å². The zero-order chi connectivity index (χ0) is 30.2. The van der Waals surface area contributed by atoms with Gasteiger partial charge in [-0.1, -0.05) is 90.6 Å². The number of thioether (sulfide) groups is 1. The molecule has 2 aliphatic rings. The SMILES string of the molecule is O=C([O-])N(Cc1ccccc1)C(Sc1ccccc1)C(O)CN(C(=O)[O-])C(c1ccccc1)([C@@H]1CCOC1)[C@@H]1CCOC1. The highest BCUT2D eigenvalue weighted by molar-refractivity contribution is 8.00. The highest BCUT2D eigenvalue weighted by Crippen LogP contribution is 2.49. The van der Waals surface area contributed by atoms with Crippen LogP contribution in [0.2, 0.25) is 0 Å². The van der Waals surface area contributed by atoms with E-state index in [1.54, 1.807) is 24.3 Å². The van der Waals surface area contributed by atoms with Gasteiger partial charge in [0.25, 0.3) is 0 Å². The van der Waals surface area contributed by atoms with E-state index in [1.807, 2.05) is 66.7 Å². The normalized spacial score (nSPS) is 19.9. The number of aliphatic hydroxyl groups is 1. The van der Waals surface area contributed by atoms with Crippen LogP contribution >= 0.6 is 11.8 Å². The monoisotopic (exact) mass is 604 g/mol. The summed E-state index contributed by atoms with van der Waals surface area (Å²) in [5.41, 5.74) is 0.353. The lowest BCUT2D eigenvalue weighted by Crippen LogP contribution is -2.64. The topological polar surface area (TPSA) is 125 Å². The molecule has 2 unspecified atom stereocenters. The van der Waals surface area contributed by atoms with E-state index >= 15 is 0 Å². The van der Waals surface area contributed by atoms with E-state index in [2.05, 4.69) is 0 Å². The Hall–Kier alpha value is -3.57. The molecule has 3 aromatic rings. The molecular weight excluding hydrogens is 568 g/mol. The summed E-state index contributed by atoms with van der Waals surface area (Å²) in [7, 11) is 0. The van der Waals surface area contributed by atoms with Gasteiger partial charge in [0.2, 0.25) is 0 Å². The van der Waals surface area contributed by atoms with Crippen LogP contribution in [0.5, 0.6) is 0 Å². The maximum atomic E-state index is 13.2. The van der Waals surface area contributed by atoms with Crippen molar-refractivity contribution >= 4 is 23.9 Å². The van der Waals surface area contributed by atoms with Gasteiger partial charge in [0.1, 0.15) is 23.7 Å². The van der Waals surface area contributed by atoms with E-state index < -0.39 is 35.7 Å². The van der Waals surface area contributed by atoms with Crippen molar-refractivity contribution in [3.05, 3.63) is 102 Å². The Morgan fingerprint density at radius 2 is 1.37 bits per heavy atom. The summed E-state index contributed by atoms with van der Waals surface area (Å²) >= 11 is 1.14. The lowest BCUT2D eigenvalue weighted by molar-refractivity contribution is -0.279. The predicted molar refractivity (Wildman–Crippen MR) is 158 cm³/mol. The minimum absolute atomic E-state index is 0.0488. The lowest BCUT2D eigenvalue weighted by atomic mass is 9.67. The Labute approximate surface area is 256 Å². The van der Waals surface area contributed by atoms with Gasteiger partial charge in [0.15, 0.2) is 0 Å². The summed E-state index contributed by atoms with van der Waals surface area (Å²) in [5, 5.41) is 36.7. The molecule has 0 bridgehead atoms. The molecule has 43 heavy (non-hydrogen) atoms. The Kier molecular flexibility index (Phi) is 10.2. The number of hydrogen-bond acceptors (Lipinski definition) is 8. The van der Waals surface area contributed by atoms with E-state index in [-0.39, 0.29) is 18.4 Å². The fourth-order valence-electron chi connectivity index (χ4n) is 6.55. The summed E-state index contributed by atoms with van der Waals surface area (Å²) in [6.45, 7) is 1.20. The number of aliphatic hydroxyl groups excluding tert-OH is 1. The summed E-state index contributed by atoms with van der Waals surface area (Å²) in [6, 6.07) is 27.5. The Morgan fingerprint density at radius 3 is 1.86 bits per heavy atom. The quantitative estimate of drug-likeness (QED) is 0.247. The van der Waals surface area contributed by atoms with Gasteiger partial charge < -0.3 is 44.2 Å². The molecule has 2 amide bonds. The van der Waals surface area contributed by atoms with E-state index in [4.69, 9.17) is 9.47 Å². The number of carbonyl (C=O) groups excluding carboxylic acids is 2. The molecule has 0 saturated carbocycles. The number of nitrogens with zero attached hydrogens (tertiary/aromatic N) is 2. The highest BCUT2D eigenvalue weighted by Gasteiger charge is 2.54. The number of rotatable bonds is 12. The van der Waals surface area contributed by atoms with Gasteiger partial charge in [-0.05, 0) is 36.1 Å². The smallest absolute Gasteiger partial charge is 0.138 e. The van der Waals surface area contributed by atoms with E-state index in [9.17, 15) is 24.9 Å². The maximum Gasteiger partial charge on any atom is 0.138 e. The van der Waals surface area contributed by atoms with Gasteiger partial charge in [-0.25, -0.2) is 0 Å². The number of ether oxygens (including phenoxy) is 2. The first kappa shape index (κ1) is 30.9. The fourth-order valence-corrected chi connectivity index (χ4v) is 7.67. The van der Waals surface area contributed by atoms with Gasteiger partial charge >= 0.3 is 0 Å². The summed E-state index contributed by atoms with van der Waals surface area (Å²) in [4.78, 5) is 28.8. The molecule has 0 radical (unpaired) electrons. The third-order valence-electron chi connectivity index (χ3n) is 8.44.